The number of aliphatic carboxylic acids is 1. The zero-order chi connectivity index (χ0) is 14.3. The van der Waals surface area contributed by atoms with Gasteiger partial charge in [0, 0.05) is 5.69 Å². The number of amides is 1. The van der Waals surface area contributed by atoms with Gasteiger partial charge in [0.15, 0.2) is 0 Å². The van der Waals surface area contributed by atoms with E-state index in [0.29, 0.717) is 12.1 Å². The summed E-state index contributed by atoms with van der Waals surface area (Å²) in [5.41, 5.74) is 0.353. The second-order valence-electron chi connectivity index (χ2n) is 5.34. The molecule has 2 aliphatic carbocycles. The van der Waals surface area contributed by atoms with Crippen molar-refractivity contribution in [1.29, 1.82) is 0 Å². The zero-order valence-electron chi connectivity index (χ0n) is 10.6. The van der Waals surface area contributed by atoms with Crippen LogP contribution in [0.2, 0.25) is 0 Å². The summed E-state index contributed by atoms with van der Waals surface area (Å²) in [5.74, 6) is -3.09. The molecule has 1 amide bonds. The number of carbonyl (C=O) groups is 2. The Bertz CT molecular complexity index is 599. The Labute approximate surface area is 115 Å². The molecule has 4 atom stereocenters. The maximum Gasteiger partial charge on any atom is 0.307 e. The van der Waals surface area contributed by atoms with Gasteiger partial charge in [0.05, 0.1) is 11.8 Å². The largest absolute Gasteiger partial charge is 0.481 e. The number of carboxylic acids is 1. The molecule has 0 aromatic heterocycles. The summed E-state index contributed by atoms with van der Waals surface area (Å²) < 4.78 is 13.1. The Morgan fingerprint density at radius 3 is 2.55 bits per heavy atom. The number of nitrogens with one attached hydrogen (secondary N) is 1. The smallest absolute Gasteiger partial charge is 0.307 e. The first-order valence-electron chi connectivity index (χ1n) is 6.54. The van der Waals surface area contributed by atoms with Crippen LogP contribution >= 0.6 is 0 Å². The molecule has 0 aliphatic heterocycles. The summed E-state index contributed by atoms with van der Waals surface area (Å²) in [6, 6.07) is 5.59. The fourth-order valence-electron chi connectivity index (χ4n) is 3.31. The van der Waals surface area contributed by atoms with Gasteiger partial charge >= 0.3 is 5.97 Å². The fourth-order valence-corrected chi connectivity index (χ4v) is 3.31. The molecule has 2 N–H and O–H groups in total. The lowest BCUT2D eigenvalue weighted by Crippen LogP contribution is -2.36. The van der Waals surface area contributed by atoms with Crippen LogP contribution in [0.5, 0.6) is 0 Å². The molecule has 0 heterocycles. The van der Waals surface area contributed by atoms with Crippen LogP contribution in [0.3, 0.4) is 0 Å². The van der Waals surface area contributed by atoms with Crippen LogP contribution in [0.15, 0.2) is 36.4 Å². The SMILES string of the molecule is O=C(O)[C@@H]1[C@H](C(=O)Nc2cccc(F)c2)[C@H]2C=C[C@H]1C2. The number of carbonyl (C=O) groups excluding carboxylic acids is 1. The lowest BCUT2D eigenvalue weighted by atomic mass is 9.82. The van der Waals surface area contributed by atoms with Gasteiger partial charge in [0.1, 0.15) is 5.82 Å². The van der Waals surface area contributed by atoms with E-state index in [0.717, 1.165) is 0 Å². The Kier molecular flexibility index (Phi) is 3.04. The molecule has 104 valence electrons. The number of carboxylic acid groups (broad SMARTS) is 1. The van der Waals surface area contributed by atoms with Gasteiger partial charge < -0.3 is 10.4 Å². The standard InChI is InChI=1S/C15H14FNO3/c16-10-2-1-3-11(7-10)17-14(18)12-8-4-5-9(6-8)13(12)15(19)20/h1-5,7-9,12-13H,6H2,(H,17,18)(H,19,20)/t8-,9-,12+,13-/m0/s1. The molecule has 0 radical (unpaired) electrons. The van der Waals surface area contributed by atoms with Crippen LogP contribution < -0.4 is 5.32 Å². The van der Waals surface area contributed by atoms with E-state index in [1.54, 1.807) is 6.07 Å². The number of allylic oxidation sites excluding steroid dienone is 2. The van der Waals surface area contributed by atoms with Crippen LogP contribution in [0.4, 0.5) is 10.1 Å². The molecule has 1 aromatic rings. The van der Waals surface area contributed by atoms with Crippen molar-refractivity contribution in [3.63, 3.8) is 0 Å². The molecule has 1 aromatic carbocycles. The van der Waals surface area contributed by atoms with Gasteiger partial charge in [-0.25, -0.2) is 4.39 Å². The predicted molar refractivity (Wildman–Crippen MR) is 70.4 cm³/mol. The molecule has 2 bridgehead atoms. The minimum absolute atomic E-state index is 0.0327. The molecule has 3 rings (SSSR count). The Balaban J connectivity index is 1.80. The Morgan fingerprint density at radius 1 is 1.20 bits per heavy atom. The van der Waals surface area contributed by atoms with E-state index in [1.165, 1.54) is 18.2 Å². The second kappa shape index (κ2) is 4.74. The van der Waals surface area contributed by atoms with Crippen molar-refractivity contribution in [3.05, 3.63) is 42.2 Å². The summed E-state index contributed by atoms with van der Waals surface area (Å²) in [5, 5.41) is 11.9. The first-order chi connectivity index (χ1) is 9.56. The number of hydrogen-bond acceptors (Lipinski definition) is 2. The molecule has 0 saturated heterocycles. The zero-order valence-corrected chi connectivity index (χ0v) is 10.6. The third-order valence-corrected chi connectivity index (χ3v) is 4.14. The second-order valence-corrected chi connectivity index (χ2v) is 5.34. The van der Waals surface area contributed by atoms with Crippen LogP contribution in [0.1, 0.15) is 6.42 Å². The monoisotopic (exact) mass is 275 g/mol. The van der Waals surface area contributed by atoms with Crippen molar-refractivity contribution in [2.45, 2.75) is 6.42 Å². The lowest BCUT2D eigenvalue weighted by molar-refractivity contribution is -0.146. The van der Waals surface area contributed by atoms with Crippen molar-refractivity contribution in [2.24, 2.45) is 23.7 Å². The number of fused-ring (bicyclic) bond motifs is 2. The molecule has 0 unspecified atom stereocenters. The third-order valence-electron chi connectivity index (χ3n) is 4.14. The maximum absolute atomic E-state index is 13.1. The van der Waals surface area contributed by atoms with E-state index in [4.69, 9.17) is 0 Å². The summed E-state index contributed by atoms with van der Waals surface area (Å²) in [6.45, 7) is 0. The highest BCUT2D eigenvalue weighted by molar-refractivity contribution is 5.96. The lowest BCUT2D eigenvalue weighted by Gasteiger charge is -2.23. The first kappa shape index (κ1) is 12.8. The number of hydrogen-bond donors (Lipinski definition) is 2. The van der Waals surface area contributed by atoms with Crippen LogP contribution in [0.25, 0.3) is 0 Å². The number of anilines is 1. The molecule has 5 heteroatoms. The van der Waals surface area contributed by atoms with Gasteiger partial charge in [0.25, 0.3) is 0 Å². The molecular formula is C15H14FNO3. The van der Waals surface area contributed by atoms with E-state index in [1.807, 2.05) is 12.2 Å². The van der Waals surface area contributed by atoms with Crippen molar-refractivity contribution >= 4 is 17.6 Å². The molecule has 20 heavy (non-hydrogen) atoms. The van der Waals surface area contributed by atoms with E-state index in [-0.39, 0.29) is 17.7 Å². The van der Waals surface area contributed by atoms with Crippen molar-refractivity contribution in [3.8, 4) is 0 Å². The molecule has 0 spiro atoms. The fraction of sp³-hybridized carbons (Fsp3) is 0.333. The summed E-state index contributed by atoms with van der Waals surface area (Å²) >= 11 is 0. The van der Waals surface area contributed by atoms with E-state index in [2.05, 4.69) is 5.32 Å². The average molecular weight is 275 g/mol. The van der Waals surface area contributed by atoms with Gasteiger partial charge in [-0.15, -0.1) is 0 Å². The highest BCUT2D eigenvalue weighted by Crippen LogP contribution is 2.48. The normalized spacial score (nSPS) is 30.4. The van der Waals surface area contributed by atoms with Crippen LogP contribution in [-0.2, 0) is 9.59 Å². The molecule has 1 saturated carbocycles. The van der Waals surface area contributed by atoms with E-state index in [9.17, 15) is 19.1 Å². The highest BCUT2D eigenvalue weighted by Gasteiger charge is 2.51. The quantitative estimate of drug-likeness (QED) is 0.832. The minimum Gasteiger partial charge on any atom is -0.481 e. The molecule has 1 fully saturated rings. The first-order valence-corrected chi connectivity index (χ1v) is 6.54. The Morgan fingerprint density at radius 2 is 1.90 bits per heavy atom. The van der Waals surface area contributed by atoms with Crippen LogP contribution in [0, 0.1) is 29.5 Å². The van der Waals surface area contributed by atoms with Crippen molar-refractivity contribution in [2.75, 3.05) is 5.32 Å². The van der Waals surface area contributed by atoms with E-state index < -0.39 is 23.6 Å². The molecule has 4 nitrogen and oxygen atoms in total. The van der Waals surface area contributed by atoms with Gasteiger partial charge in [-0.2, -0.15) is 0 Å². The maximum atomic E-state index is 13.1. The van der Waals surface area contributed by atoms with Gasteiger partial charge in [-0.1, -0.05) is 18.2 Å². The summed E-state index contributed by atoms with van der Waals surface area (Å²) in [7, 11) is 0. The minimum atomic E-state index is -0.943. The molecule has 2 aliphatic rings. The number of benzene rings is 1. The van der Waals surface area contributed by atoms with Crippen LogP contribution in [-0.4, -0.2) is 17.0 Å². The third kappa shape index (κ3) is 2.09. The number of rotatable bonds is 3. The van der Waals surface area contributed by atoms with E-state index >= 15 is 0 Å². The van der Waals surface area contributed by atoms with Crippen molar-refractivity contribution in [1.82, 2.24) is 0 Å². The topological polar surface area (TPSA) is 66.4 Å². The summed E-state index contributed by atoms with van der Waals surface area (Å²) in [6.07, 6.45) is 4.51. The number of halogens is 1. The van der Waals surface area contributed by atoms with Gasteiger partial charge in [0.2, 0.25) is 5.91 Å². The Hall–Kier alpha value is -2.17. The average Bonchev–Trinajstić information content (AvgIpc) is 2.98. The van der Waals surface area contributed by atoms with Crippen molar-refractivity contribution < 1.29 is 19.1 Å². The predicted octanol–water partition coefficient (Wildman–Crippen LogP) is 2.29. The summed E-state index contributed by atoms with van der Waals surface area (Å²) in [4.78, 5) is 23.6. The molecular weight excluding hydrogens is 261 g/mol. The van der Waals surface area contributed by atoms with Gasteiger partial charge in [-0.3, -0.25) is 9.59 Å². The van der Waals surface area contributed by atoms with Gasteiger partial charge in [-0.05, 0) is 36.5 Å². The highest BCUT2D eigenvalue weighted by atomic mass is 19.1.